The van der Waals surface area contributed by atoms with Crippen molar-refractivity contribution in [1.82, 2.24) is 4.98 Å². The summed E-state index contributed by atoms with van der Waals surface area (Å²) in [6.07, 6.45) is 4.09. The van der Waals surface area contributed by atoms with Crippen molar-refractivity contribution in [2.24, 2.45) is 0 Å². The molecule has 0 amide bonds. The van der Waals surface area contributed by atoms with E-state index >= 15 is 0 Å². The zero-order valence-corrected chi connectivity index (χ0v) is 11.7. The summed E-state index contributed by atoms with van der Waals surface area (Å²) in [4.78, 5) is 4.43. The molecule has 1 aromatic heterocycles. The van der Waals surface area contributed by atoms with Gasteiger partial charge in [-0.2, -0.15) is 11.8 Å². The summed E-state index contributed by atoms with van der Waals surface area (Å²) in [5.41, 5.74) is 1.45. The molecule has 0 saturated carbocycles. The summed E-state index contributed by atoms with van der Waals surface area (Å²) in [6.45, 7) is 9.77. The van der Waals surface area contributed by atoms with E-state index in [0.29, 0.717) is 5.25 Å². The Kier molecular flexibility index (Phi) is 4.66. The molecule has 0 bridgehead atoms. The first-order chi connectivity index (χ1) is 7.43. The largest absolute Gasteiger partial charge is 0.369 e. The Morgan fingerprint density at radius 1 is 1.38 bits per heavy atom. The molecule has 3 heteroatoms. The lowest BCUT2D eigenvalue weighted by Gasteiger charge is -2.19. The van der Waals surface area contributed by atoms with Crippen molar-refractivity contribution < 1.29 is 0 Å². The second-order valence-electron chi connectivity index (χ2n) is 5.11. The van der Waals surface area contributed by atoms with Gasteiger partial charge in [0.25, 0.3) is 0 Å². The van der Waals surface area contributed by atoms with Gasteiger partial charge in [0.05, 0.1) is 0 Å². The predicted molar refractivity (Wildman–Crippen MR) is 74.4 cm³/mol. The van der Waals surface area contributed by atoms with Crippen LogP contribution in [0.2, 0.25) is 0 Å². The van der Waals surface area contributed by atoms with E-state index in [0.717, 1.165) is 12.4 Å². The van der Waals surface area contributed by atoms with Crippen molar-refractivity contribution in [1.29, 1.82) is 0 Å². The average Bonchev–Trinajstić information content (AvgIpc) is 2.25. The minimum Gasteiger partial charge on any atom is -0.369 e. The maximum Gasteiger partial charge on any atom is 0.125 e. The van der Waals surface area contributed by atoms with Crippen LogP contribution in [-0.2, 0) is 5.41 Å². The van der Waals surface area contributed by atoms with Crippen molar-refractivity contribution in [3.63, 3.8) is 0 Å². The fourth-order valence-corrected chi connectivity index (χ4v) is 1.52. The van der Waals surface area contributed by atoms with Gasteiger partial charge in [0.1, 0.15) is 5.82 Å². The molecule has 0 aliphatic rings. The molecular formula is C13H22N2S. The monoisotopic (exact) mass is 238 g/mol. The zero-order valence-electron chi connectivity index (χ0n) is 10.9. The van der Waals surface area contributed by atoms with Crippen molar-refractivity contribution in [2.45, 2.75) is 38.4 Å². The van der Waals surface area contributed by atoms with Gasteiger partial charge in [0.2, 0.25) is 0 Å². The highest BCUT2D eigenvalue weighted by Crippen LogP contribution is 2.21. The molecule has 16 heavy (non-hydrogen) atoms. The van der Waals surface area contributed by atoms with Crippen LogP contribution in [0.5, 0.6) is 0 Å². The lowest BCUT2D eigenvalue weighted by molar-refractivity contribution is 0.587. The molecule has 1 aromatic rings. The number of hydrogen-bond acceptors (Lipinski definition) is 3. The van der Waals surface area contributed by atoms with Gasteiger partial charge in [-0.1, -0.05) is 33.8 Å². The highest BCUT2D eigenvalue weighted by molar-refractivity contribution is 7.99. The van der Waals surface area contributed by atoms with Gasteiger partial charge >= 0.3 is 0 Å². The summed E-state index contributed by atoms with van der Waals surface area (Å²) in [6, 6.07) is 4.21. The third-order valence-corrected chi connectivity index (χ3v) is 3.57. The third kappa shape index (κ3) is 4.05. The van der Waals surface area contributed by atoms with Crippen LogP contribution < -0.4 is 5.32 Å². The minimum atomic E-state index is 0.179. The van der Waals surface area contributed by atoms with Gasteiger partial charge < -0.3 is 5.32 Å². The molecule has 2 nitrogen and oxygen atoms in total. The first kappa shape index (κ1) is 13.4. The van der Waals surface area contributed by atoms with Gasteiger partial charge in [-0.05, 0) is 23.3 Å². The molecule has 0 aliphatic carbocycles. The SMILES string of the molecule is CSC(C)CNc1ccc(C(C)(C)C)cn1. The molecule has 0 aliphatic heterocycles. The second-order valence-corrected chi connectivity index (χ2v) is 6.39. The van der Waals surface area contributed by atoms with Crippen LogP contribution in [0, 0.1) is 0 Å². The average molecular weight is 238 g/mol. The summed E-state index contributed by atoms with van der Waals surface area (Å²) in [5.74, 6) is 0.967. The maximum absolute atomic E-state index is 4.43. The Labute approximate surface area is 103 Å². The van der Waals surface area contributed by atoms with Crippen molar-refractivity contribution in [3.8, 4) is 0 Å². The molecule has 1 heterocycles. The van der Waals surface area contributed by atoms with E-state index in [4.69, 9.17) is 0 Å². The molecule has 0 aromatic carbocycles. The van der Waals surface area contributed by atoms with Gasteiger partial charge in [-0.3, -0.25) is 0 Å². The Balaban J connectivity index is 2.58. The molecule has 1 atom stereocenters. The van der Waals surface area contributed by atoms with E-state index in [-0.39, 0.29) is 5.41 Å². The fraction of sp³-hybridized carbons (Fsp3) is 0.615. The Morgan fingerprint density at radius 3 is 2.50 bits per heavy atom. The number of hydrogen-bond donors (Lipinski definition) is 1. The normalized spacial score (nSPS) is 13.6. The Morgan fingerprint density at radius 2 is 2.06 bits per heavy atom. The van der Waals surface area contributed by atoms with E-state index < -0.39 is 0 Å². The van der Waals surface area contributed by atoms with E-state index in [1.165, 1.54) is 5.56 Å². The van der Waals surface area contributed by atoms with E-state index in [1.807, 2.05) is 18.0 Å². The number of nitrogens with one attached hydrogen (secondary N) is 1. The first-order valence-corrected chi connectivity index (χ1v) is 6.95. The quantitative estimate of drug-likeness (QED) is 0.868. The van der Waals surface area contributed by atoms with Crippen LogP contribution in [0.4, 0.5) is 5.82 Å². The summed E-state index contributed by atoms with van der Waals surface area (Å²) >= 11 is 1.86. The van der Waals surface area contributed by atoms with Gasteiger partial charge in [0, 0.05) is 18.0 Å². The molecule has 90 valence electrons. The van der Waals surface area contributed by atoms with Crippen LogP contribution in [-0.4, -0.2) is 23.0 Å². The van der Waals surface area contributed by atoms with Gasteiger partial charge in [0.15, 0.2) is 0 Å². The molecule has 0 spiro atoms. The second kappa shape index (κ2) is 5.58. The standard InChI is InChI=1S/C13H22N2S/c1-10(16-5)8-14-12-7-6-11(9-15-12)13(2,3)4/h6-7,9-10H,8H2,1-5H3,(H,14,15). The van der Waals surface area contributed by atoms with Crippen molar-refractivity contribution >= 4 is 17.6 Å². The van der Waals surface area contributed by atoms with E-state index in [1.54, 1.807) is 0 Å². The number of nitrogens with zero attached hydrogens (tertiary/aromatic N) is 1. The van der Waals surface area contributed by atoms with Crippen molar-refractivity contribution in [3.05, 3.63) is 23.9 Å². The van der Waals surface area contributed by atoms with Gasteiger partial charge in [-0.15, -0.1) is 0 Å². The van der Waals surface area contributed by atoms with E-state index in [9.17, 15) is 0 Å². The Bertz CT molecular complexity index is 314. The summed E-state index contributed by atoms with van der Waals surface area (Å²) in [5, 5.41) is 3.96. The highest BCUT2D eigenvalue weighted by Gasteiger charge is 2.13. The molecule has 1 rings (SSSR count). The minimum absolute atomic E-state index is 0.179. The van der Waals surface area contributed by atoms with Crippen LogP contribution in [0.1, 0.15) is 33.3 Å². The molecule has 0 saturated heterocycles. The predicted octanol–water partition coefficient (Wildman–Crippen LogP) is 3.54. The number of rotatable bonds is 4. The lowest BCUT2D eigenvalue weighted by Crippen LogP contribution is -2.15. The molecule has 0 fully saturated rings. The number of aromatic nitrogens is 1. The molecular weight excluding hydrogens is 216 g/mol. The smallest absolute Gasteiger partial charge is 0.125 e. The highest BCUT2D eigenvalue weighted by atomic mass is 32.2. The number of thioether (sulfide) groups is 1. The summed E-state index contributed by atoms with van der Waals surface area (Å²) in [7, 11) is 0. The van der Waals surface area contributed by atoms with Crippen LogP contribution in [0.15, 0.2) is 18.3 Å². The van der Waals surface area contributed by atoms with Crippen molar-refractivity contribution in [2.75, 3.05) is 18.1 Å². The Hall–Kier alpha value is -0.700. The first-order valence-electron chi connectivity index (χ1n) is 5.66. The van der Waals surface area contributed by atoms with Gasteiger partial charge in [-0.25, -0.2) is 4.98 Å². The topological polar surface area (TPSA) is 24.9 Å². The van der Waals surface area contributed by atoms with Crippen LogP contribution >= 0.6 is 11.8 Å². The van der Waals surface area contributed by atoms with E-state index in [2.05, 4.69) is 56.4 Å². The number of anilines is 1. The zero-order chi connectivity index (χ0) is 12.2. The summed E-state index contributed by atoms with van der Waals surface area (Å²) < 4.78 is 0. The van der Waals surface area contributed by atoms with Crippen LogP contribution in [0.25, 0.3) is 0 Å². The van der Waals surface area contributed by atoms with Crippen LogP contribution in [0.3, 0.4) is 0 Å². The maximum atomic E-state index is 4.43. The molecule has 1 N–H and O–H groups in total. The molecule has 0 radical (unpaired) electrons. The number of pyridine rings is 1. The lowest BCUT2D eigenvalue weighted by atomic mass is 9.88. The third-order valence-electron chi connectivity index (χ3n) is 2.60. The molecule has 1 unspecified atom stereocenters. The fourth-order valence-electron chi connectivity index (χ4n) is 1.27.